The van der Waals surface area contributed by atoms with Crippen molar-refractivity contribution in [2.75, 3.05) is 25.1 Å². The topological polar surface area (TPSA) is 63.9 Å². The number of aryl methyl sites for hydroxylation is 1. The molecule has 0 spiro atoms. The Bertz CT molecular complexity index is 856. The van der Waals surface area contributed by atoms with Crippen molar-refractivity contribution in [2.24, 2.45) is 5.92 Å². The molecule has 1 aromatic heterocycles. The number of esters is 1. The molecule has 0 atom stereocenters. The lowest BCUT2D eigenvalue weighted by Crippen LogP contribution is -3.11. The molecule has 1 amide bonds. The largest absolute Gasteiger partial charge is 0.469 e. The molecular weight excluding hydrogens is 374 g/mol. The summed E-state index contributed by atoms with van der Waals surface area (Å²) in [5, 5.41) is 2.75. The monoisotopic (exact) mass is 402 g/mol. The van der Waals surface area contributed by atoms with Gasteiger partial charge in [-0.2, -0.15) is 0 Å². The summed E-state index contributed by atoms with van der Waals surface area (Å²) in [6.07, 6.45) is 1.70. The van der Waals surface area contributed by atoms with E-state index in [0.717, 1.165) is 55.0 Å². The van der Waals surface area contributed by atoms with Gasteiger partial charge in [0.25, 0.3) is 0 Å². The number of anilines is 2. The number of likely N-dealkylation sites (tertiary alicyclic amines) is 1. The van der Waals surface area contributed by atoms with Gasteiger partial charge in [-0.05, 0) is 31.0 Å². The fourth-order valence-electron chi connectivity index (χ4n) is 3.73. The first kappa shape index (κ1) is 20.5. The average molecular weight is 403 g/mol. The van der Waals surface area contributed by atoms with Gasteiger partial charge in [-0.3, -0.25) is 14.5 Å². The smallest absolute Gasteiger partial charge is 0.309 e. The van der Waals surface area contributed by atoms with Crippen LogP contribution in [-0.4, -0.2) is 37.1 Å². The fraction of sp³-hybridized carbons (Fsp3) is 0.476. The fourth-order valence-corrected chi connectivity index (χ4v) is 4.61. The highest BCUT2D eigenvalue weighted by Crippen LogP contribution is 2.32. The van der Waals surface area contributed by atoms with Crippen LogP contribution in [0.4, 0.5) is 10.8 Å². The van der Waals surface area contributed by atoms with Gasteiger partial charge in [-0.15, -0.1) is 11.3 Å². The van der Waals surface area contributed by atoms with E-state index in [2.05, 4.69) is 0 Å². The van der Waals surface area contributed by atoms with Crippen LogP contribution in [0, 0.1) is 19.8 Å². The standard InChI is InChI=1S/C21H27N3O3S/c1-14-6-5-7-19(15(14)2)24(16(3)25)21-22-18(13-28-21)12-23-10-8-17(9-11-23)20(26)27-4/h5-7,13,17H,8-12H2,1-4H3/p+1. The Balaban J connectivity index is 1.71. The second-order valence-corrected chi connectivity index (χ2v) is 8.26. The van der Waals surface area contributed by atoms with Crippen LogP contribution in [0.15, 0.2) is 23.6 Å². The SMILES string of the molecule is COC(=O)C1CC[NH+](Cc2csc(N(C(C)=O)c3cccc(C)c3C)n2)CC1. The zero-order valence-corrected chi connectivity index (χ0v) is 17.8. The molecule has 28 heavy (non-hydrogen) atoms. The number of thiazole rings is 1. The Morgan fingerprint density at radius 2 is 2.00 bits per heavy atom. The zero-order valence-electron chi connectivity index (χ0n) is 16.9. The summed E-state index contributed by atoms with van der Waals surface area (Å²) in [6.45, 7) is 8.32. The number of carbonyl (C=O) groups is 2. The van der Waals surface area contributed by atoms with Gasteiger partial charge in [0.2, 0.25) is 5.91 Å². The summed E-state index contributed by atoms with van der Waals surface area (Å²) in [7, 11) is 1.45. The molecule has 1 saturated heterocycles. The van der Waals surface area contributed by atoms with Crippen LogP contribution >= 0.6 is 11.3 Å². The van der Waals surface area contributed by atoms with Gasteiger partial charge in [0.05, 0.1) is 31.8 Å². The van der Waals surface area contributed by atoms with Gasteiger partial charge in [-0.1, -0.05) is 12.1 Å². The van der Waals surface area contributed by atoms with E-state index in [1.807, 2.05) is 37.4 Å². The first-order valence-corrected chi connectivity index (χ1v) is 10.5. The number of aromatic nitrogens is 1. The van der Waals surface area contributed by atoms with Crippen LogP contribution < -0.4 is 9.80 Å². The molecule has 1 fully saturated rings. The lowest BCUT2D eigenvalue weighted by atomic mass is 9.97. The number of hydrogen-bond acceptors (Lipinski definition) is 5. The molecule has 0 radical (unpaired) electrons. The van der Waals surface area contributed by atoms with Gasteiger partial charge in [0.1, 0.15) is 12.2 Å². The summed E-state index contributed by atoms with van der Waals surface area (Å²) in [5.41, 5.74) is 4.12. The number of nitrogens with zero attached hydrogens (tertiary/aromatic N) is 2. The van der Waals surface area contributed by atoms with Crippen molar-refractivity contribution >= 4 is 34.0 Å². The number of carbonyl (C=O) groups excluding carboxylic acids is 2. The number of rotatable bonds is 5. The second kappa shape index (κ2) is 8.84. The molecule has 6 nitrogen and oxygen atoms in total. The van der Waals surface area contributed by atoms with Crippen molar-refractivity contribution < 1.29 is 19.2 Å². The van der Waals surface area contributed by atoms with Crippen LogP contribution in [0.3, 0.4) is 0 Å². The zero-order chi connectivity index (χ0) is 20.3. The molecule has 150 valence electrons. The Hall–Kier alpha value is -2.25. The number of amides is 1. The van der Waals surface area contributed by atoms with Crippen LogP contribution in [0.5, 0.6) is 0 Å². The predicted molar refractivity (Wildman–Crippen MR) is 110 cm³/mol. The van der Waals surface area contributed by atoms with Gasteiger partial charge in [0.15, 0.2) is 5.13 Å². The maximum Gasteiger partial charge on any atom is 0.309 e. The predicted octanol–water partition coefficient (Wildman–Crippen LogP) is 2.41. The Kier molecular flexibility index (Phi) is 6.46. The number of benzene rings is 1. The Morgan fingerprint density at radius 1 is 1.29 bits per heavy atom. The number of hydrogen-bond donors (Lipinski definition) is 1. The first-order valence-electron chi connectivity index (χ1n) is 9.63. The Morgan fingerprint density at radius 3 is 2.64 bits per heavy atom. The van der Waals surface area contributed by atoms with Gasteiger partial charge >= 0.3 is 5.97 Å². The van der Waals surface area contributed by atoms with E-state index in [1.165, 1.54) is 23.3 Å². The quantitative estimate of drug-likeness (QED) is 0.780. The minimum atomic E-state index is -0.0966. The highest BCUT2D eigenvalue weighted by Gasteiger charge is 2.29. The van der Waals surface area contributed by atoms with Gasteiger partial charge in [-0.25, -0.2) is 4.98 Å². The highest BCUT2D eigenvalue weighted by molar-refractivity contribution is 7.14. The van der Waals surface area contributed by atoms with Gasteiger partial charge < -0.3 is 9.64 Å². The van der Waals surface area contributed by atoms with Crippen molar-refractivity contribution in [1.29, 1.82) is 0 Å². The molecular formula is C21H28N3O3S+. The number of piperidine rings is 1. The molecule has 7 heteroatoms. The number of nitrogens with one attached hydrogen (secondary N) is 1. The highest BCUT2D eigenvalue weighted by atomic mass is 32.1. The summed E-state index contributed by atoms with van der Waals surface area (Å²) in [5.74, 6) is -0.112. The van der Waals surface area contributed by atoms with E-state index in [-0.39, 0.29) is 17.8 Å². The van der Waals surface area contributed by atoms with E-state index in [9.17, 15) is 9.59 Å². The minimum Gasteiger partial charge on any atom is -0.469 e. The molecule has 2 heterocycles. The molecule has 0 saturated carbocycles. The lowest BCUT2D eigenvalue weighted by molar-refractivity contribution is -0.919. The average Bonchev–Trinajstić information content (AvgIpc) is 3.13. The van der Waals surface area contributed by atoms with E-state index < -0.39 is 0 Å². The van der Waals surface area contributed by atoms with Crippen LogP contribution in [-0.2, 0) is 20.9 Å². The molecule has 1 aromatic carbocycles. The maximum absolute atomic E-state index is 12.4. The molecule has 3 rings (SSSR count). The summed E-state index contributed by atoms with van der Waals surface area (Å²) in [6, 6.07) is 5.98. The molecule has 1 N–H and O–H groups in total. The lowest BCUT2D eigenvalue weighted by Gasteiger charge is -2.27. The van der Waals surface area contributed by atoms with Crippen LogP contribution in [0.1, 0.15) is 36.6 Å². The second-order valence-electron chi connectivity index (χ2n) is 7.42. The van der Waals surface area contributed by atoms with Crippen molar-refractivity contribution in [2.45, 2.75) is 40.2 Å². The molecule has 2 aromatic rings. The van der Waals surface area contributed by atoms with Crippen molar-refractivity contribution in [3.8, 4) is 0 Å². The van der Waals surface area contributed by atoms with Crippen LogP contribution in [0.25, 0.3) is 0 Å². The van der Waals surface area contributed by atoms with Crippen LogP contribution in [0.2, 0.25) is 0 Å². The summed E-state index contributed by atoms with van der Waals surface area (Å²) in [4.78, 5) is 31.9. The van der Waals surface area contributed by atoms with E-state index >= 15 is 0 Å². The maximum atomic E-state index is 12.4. The number of ether oxygens (including phenoxy) is 1. The van der Waals surface area contributed by atoms with E-state index in [1.54, 1.807) is 11.8 Å². The summed E-state index contributed by atoms with van der Waals surface area (Å²) < 4.78 is 4.86. The minimum absolute atomic E-state index is 0.0252. The van der Waals surface area contributed by atoms with E-state index in [4.69, 9.17) is 9.72 Å². The first-order chi connectivity index (χ1) is 13.4. The van der Waals surface area contributed by atoms with Crippen molar-refractivity contribution in [3.05, 3.63) is 40.4 Å². The van der Waals surface area contributed by atoms with Crippen molar-refractivity contribution in [1.82, 2.24) is 4.98 Å². The van der Waals surface area contributed by atoms with Gasteiger partial charge in [0, 0.05) is 25.1 Å². The molecule has 0 bridgehead atoms. The molecule has 1 aliphatic heterocycles. The third-order valence-corrected chi connectivity index (χ3v) is 6.40. The summed E-state index contributed by atoms with van der Waals surface area (Å²) >= 11 is 1.50. The molecule has 0 unspecified atom stereocenters. The molecule has 1 aliphatic rings. The molecule has 0 aliphatic carbocycles. The third kappa shape index (κ3) is 4.42. The number of quaternary nitrogens is 1. The normalized spacial score (nSPS) is 19.3. The van der Waals surface area contributed by atoms with Crippen molar-refractivity contribution in [3.63, 3.8) is 0 Å². The van der Waals surface area contributed by atoms with E-state index in [0.29, 0.717) is 5.13 Å². The third-order valence-electron chi connectivity index (χ3n) is 5.52. The Labute approximate surface area is 170 Å². The number of methoxy groups -OCH3 is 1.